The summed E-state index contributed by atoms with van der Waals surface area (Å²) in [7, 11) is 0. The summed E-state index contributed by atoms with van der Waals surface area (Å²) < 4.78 is 0. The molecule has 0 amide bonds. The number of azo groups is 1. The largest absolute Gasteiger partial charge is 0.508 e. The molecule has 0 aliphatic heterocycles. The Labute approximate surface area is 89.3 Å². The van der Waals surface area contributed by atoms with Gasteiger partial charge in [-0.2, -0.15) is 10.2 Å². The minimum Gasteiger partial charge on any atom is -0.508 e. The molecule has 0 aliphatic rings. The molecule has 0 atom stereocenters. The van der Waals surface area contributed by atoms with Gasteiger partial charge in [0.25, 0.3) is 0 Å². The molecule has 0 fully saturated rings. The highest BCUT2D eigenvalue weighted by Crippen LogP contribution is 2.29. The van der Waals surface area contributed by atoms with Crippen LogP contribution in [0, 0.1) is 0 Å². The number of phenolic OH excluding ortho intramolecular Hbond substituents is 2. The van der Waals surface area contributed by atoms with Gasteiger partial charge in [-0.05, 0) is 18.6 Å². The van der Waals surface area contributed by atoms with Crippen LogP contribution in [0.1, 0.15) is 26.2 Å². The van der Waals surface area contributed by atoms with Crippen molar-refractivity contribution in [3.63, 3.8) is 0 Å². The van der Waals surface area contributed by atoms with Crippen molar-refractivity contribution in [2.75, 3.05) is 6.54 Å². The number of hydrogen-bond donors (Lipinski definition) is 2. The first kappa shape index (κ1) is 11.5. The van der Waals surface area contributed by atoms with Crippen molar-refractivity contribution in [1.82, 2.24) is 0 Å². The molecule has 0 saturated heterocycles. The summed E-state index contributed by atoms with van der Waals surface area (Å²) in [4.78, 5) is 0. The van der Waals surface area contributed by atoms with Crippen molar-refractivity contribution in [1.29, 1.82) is 0 Å². The van der Waals surface area contributed by atoms with Crippen molar-refractivity contribution >= 4 is 5.69 Å². The van der Waals surface area contributed by atoms with Crippen molar-refractivity contribution in [3.05, 3.63) is 18.2 Å². The molecular weight excluding hydrogens is 192 g/mol. The molecular formula is C11H16N2O2. The first-order chi connectivity index (χ1) is 7.24. The van der Waals surface area contributed by atoms with Crippen LogP contribution < -0.4 is 0 Å². The molecule has 4 heteroatoms. The van der Waals surface area contributed by atoms with Crippen LogP contribution in [-0.4, -0.2) is 16.8 Å². The third-order valence-corrected chi connectivity index (χ3v) is 2.00. The summed E-state index contributed by atoms with van der Waals surface area (Å²) in [5.41, 5.74) is 0.393. The zero-order valence-electron chi connectivity index (χ0n) is 8.85. The summed E-state index contributed by atoms with van der Waals surface area (Å²) in [6.07, 6.45) is 3.30. The van der Waals surface area contributed by atoms with E-state index < -0.39 is 0 Å². The van der Waals surface area contributed by atoms with E-state index in [4.69, 9.17) is 5.11 Å². The van der Waals surface area contributed by atoms with Crippen LogP contribution in [0.25, 0.3) is 0 Å². The summed E-state index contributed by atoms with van der Waals surface area (Å²) in [6, 6.07) is 4.26. The van der Waals surface area contributed by atoms with E-state index in [0.29, 0.717) is 12.2 Å². The number of benzene rings is 1. The maximum Gasteiger partial charge on any atom is 0.146 e. The average Bonchev–Trinajstić information content (AvgIpc) is 2.20. The first-order valence-corrected chi connectivity index (χ1v) is 5.13. The van der Waals surface area contributed by atoms with Gasteiger partial charge in [-0.1, -0.05) is 19.8 Å². The van der Waals surface area contributed by atoms with Crippen LogP contribution in [0.2, 0.25) is 0 Å². The Hall–Kier alpha value is -1.58. The summed E-state index contributed by atoms with van der Waals surface area (Å²) >= 11 is 0. The Kier molecular flexibility index (Phi) is 4.60. The third kappa shape index (κ3) is 3.97. The van der Waals surface area contributed by atoms with Crippen LogP contribution in [0.15, 0.2) is 28.4 Å². The van der Waals surface area contributed by atoms with Gasteiger partial charge in [-0.25, -0.2) is 0 Å². The Morgan fingerprint density at radius 2 is 2.00 bits per heavy atom. The van der Waals surface area contributed by atoms with Crippen molar-refractivity contribution < 1.29 is 10.2 Å². The first-order valence-electron chi connectivity index (χ1n) is 5.13. The molecule has 0 radical (unpaired) electrons. The molecule has 4 nitrogen and oxygen atoms in total. The Bertz CT molecular complexity index is 337. The lowest BCUT2D eigenvalue weighted by molar-refractivity contribution is 0.451. The standard InChI is InChI=1S/C11H16N2O2/c1-2-3-4-7-12-13-10-6-5-9(14)8-11(10)15/h5-6,8,14-15H,2-4,7H2,1H3. The second kappa shape index (κ2) is 6.01. The highest BCUT2D eigenvalue weighted by molar-refractivity contribution is 5.53. The van der Waals surface area contributed by atoms with Gasteiger partial charge in [-0.15, -0.1) is 0 Å². The van der Waals surface area contributed by atoms with Gasteiger partial charge in [0.15, 0.2) is 0 Å². The van der Waals surface area contributed by atoms with E-state index in [1.165, 1.54) is 18.2 Å². The molecule has 82 valence electrons. The average molecular weight is 208 g/mol. The lowest BCUT2D eigenvalue weighted by Crippen LogP contribution is -1.78. The minimum absolute atomic E-state index is 0.0254. The molecule has 1 aromatic carbocycles. The highest BCUT2D eigenvalue weighted by atomic mass is 16.3. The smallest absolute Gasteiger partial charge is 0.146 e. The summed E-state index contributed by atoms with van der Waals surface area (Å²) in [5, 5.41) is 26.3. The zero-order chi connectivity index (χ0) is 11.1. The van der Waals surface area contributed by atoms with Gasteiger partial charge in [0.1, 0.15) is 17.2 Å². The van der Waals surface area contributed by atoms with E-state index >= 15 is 0 Å². The quantitative estimate of drug-likeness (QED) is 0.575. The van der Waals surface area contributed by atoms with Gasteiger partial charge in [0, 0.05) is 6.07 Å². The van der Waals surface area contributed by atoms with E-state index in [2.05, 4.69) is 17.2 Å². The highest BCUT2D eigenvalue weighted by Gasteiger charge is 1.99. The molecule has 0 unspecified atom stereocenters. The van der Waals surface area contributed by atoms with E-state index in [-0.39, 0.29) is 11.5 Å². The molecule has 1 aromatic rings. The maximum absolute atomic E-state index is 9.38. The maximum atomic E-state index is 9.38. The van der Waals surface area contributed by atoms with Gasteiger partial charge in [0.2, 0.25) is 0 Å². The number of aromatic hydroxyl groups is 2. The second-order valence-electron chi connectivity index (χ2n) is 3.35. The molecule has 1 rings (SSSR count). The second-order valence-corrected chi connectivity index (χ2v) is 3.35. The van der Waals surface area contributed by atoms with Crippen LogP contribution in [0.3, 0.4) is 0 Å². The van der Waals surface area contributed by atoms with Gasteiger partial charge in [-0.3, -0.25) is 0 Å². The molecule has 0 bridgehead atoms. The van der Waals surface area contributed by atoms with Crippen LogP contribution in [-0.2, 0) is 0 Å². The fourth-order valence-corrected chi connectivity index (χ4v) is 1.16. The normalized spacial score (nSPS) is 11.0. The number of nitrogens with zero attached hydrogens (tertiary/aromatic N) is 2. The lowest BCUT2D eigenvalue weighted by Gasteiger charge is -1.98. The SMILES string of the molecule is CCCCCN=Nc1ccc(O)cc1O. The number of hydrogen-bond acceptors (Lipinski definition) is 4. The fraction of sp³-hybridized carbons (Fsp3) is 0.455. The van der Waals surface area contributed by atoms with Crippen LogP contribution >= 0.6 is 0 Å². The van der Waals surface area contributed by atoms with E-state index in [9.17, 15) is 5.11 Å². The van der Waals surface area contributed by atoms with E-state index in [0.717, 1.165) is 19.3 Å². The van der Waals surface area contributed by atoms with Crippen LogP contribution in [0.5, 0.6) is 11.5 Å². The van der Waals surface area contributed by atoms with Crippen molar-refractivity contribution in [2.24, 2.45) is 10.2 Å². The van der Waals surface area contributed by atoms with Crippen LogP contribution in [0.4, 0.5) is 5.69 Å². The molecule has 0 spiro atoms. The topological polar surface area (TPSA) is 65.2 Å². The Morgan fingerprint density at radius 1 is 1.20 bits per heavy atom. The fourth-order valence-electron chi connectivity index (χ4n) is 1.16. The minimum atomic E-state index is -0.0470. The van der Waals surface area contributed by atoms with Gasteiger partial charge < -0.3 is 10.2 Å². The van der Waals surface area contributed by atoms with Crippen molar-refractivity contribution in [3.8, 4) is 11.5 Å². The predicted molar refractivity (Wildman–Crippen MR) is 58.7 cm³/mol. The number of unbranched alkanes of at least 4 members (excludes halogenated alkanes) is 2. The number of rotatable bonds is 5. The van der Waals surface area contributed by atoms with Crippen molar-refractivity contribution in [2.45, 2.75) is 26.2 Å². The predicted octanol–water partition coefficient (Wildman–Crippen LogP) is 3.37. The van der Waals surface area contributed by atoms with E-state index in [1.807, 2.05) is 0 Å². The Balaban J connectivity index is 2.49. The summed E-state index contributed by atoms with van der Waals surface area (Å²) in [6.45, 7) is 2.80. The van der Waals surface area contributed by atoms with Gasteiger partial charge >= 0.3 is 0 Å². The molecule has 0 saturated carbocycles. The lowest BCUT2D eigenvalue weighted by atomic mass is 10.2. The molecule has 0 aliphatic carbocycles. The third-order valence-electron chi connectivity index (χ3n) is 2.00. The van der Waals surface area contributed by atoms with E-state index in [1.54, 1.807) is 0 Å². The number of phenols is 2. The van der Waals surface area contributed by atoms with Gasteiger partial charge in [0.05, 0.1) is 6.54 Å². The molecule has 0 heterocycles. The molecule has 15 heavy (non-hydrogen) atoms. The molecule has 0 aromatic heterocycles. The zero-order valence-corrected chi connectivity index (χ0v) is 8.85. The molecule has 2 N–H and O–H groups in total. The summed E-state index contributed by atoms with van der Waals surface area (Å²) in [5.74, 6) is -0.0216. The monoisotopic (exact) mass is 208 g/mol. The Morgan fingerprint density at radius 3 is 2.67 bits per heavy atom.